The zero-order valence-corrected chi connectivity index (χ0v) is 21.3. The van der Waals surface area contributed by atoms with Gasteiger partial charge >= 0.3 is 5.97 Å². The third-order valence-corrected chi connectivity index (χ3v) is 6.57. The Labute approximate surface area is 213 Å². The zero-order chi connectivity index (χ0) is 25.9. The van der Waals surface area contributed by atoms with Crippen LogP contribution in [0.15, 0.2) is 47.6 Å². The molecule has 3 rings (SSSR count). The van der Waals surface area contributed by atoms with Crippen molar-refractivity contribution in [1.82, 2.24) is 10.2 Å². The molecule has 2 aromatic rings. The molecule has 0 radical (unpaired) electrons. The summed E-state index contributed by atoms with van der Waals surface area (Å²) in [6.07, 6.45) is 6.08. The average molecular weight is 495 g/mol. The average Bonchev–Trinajstić information content (AvgIpc) is 2.86. The molecule has 1 amide bonds. The van der Waals surface area contributed by atoms with Crippen LogP contribution in [0, 0.1) is 12.8 Å². The van der Waals surface area contributed by atoms with Crippen molar-refractivity contribution in [3.05, 3.63) is 64.7 Å². The maximum absolute atomic E-state index is 12.4. The van der Waals surface area contributed by atoms with Crippen molar-refractivity contribution in [3.8, 4) is 0 Å². The molecule has 194 valence electrons. The fraction of sp³-hybridized carbons (Fsp3) is 0.464. The zero-order valence-electron chi connectivity index (χ0n) is 21.3. The van der Waals surface area contributed by atoms with E-state index >= 15 is 0 Å². The summed E-state index contributed by atoms with van der Waals surface area (Å²) in [4.78, 5) is 30.9. The number of carbonyl (C=O) groups excluding carboxylic acids is 1. The van der Waals surface area contributed by atoms with Crippen molar-refractivity contribution >= 4 is 23.3 Å². The number of likely N-dealkylation sites (N-methyl/N-ethyl adjacent to an activating group) is 1. The Morgan fingerprint density at radius 2 is 1.89 bits per heavy atom. The Hall–Kier alpha value is -3.39. The number of aryl methyl sites for hydroxylation is 1. The number of amides is 1. The number of nitrogens with zero attached hydrogens (tertiary/aromatic N) is 2. The Bertz CT molecular complexity index is 1060. The smallest absolute Gasteiger partial charge is 0.317 e. The number of anilines is 1. The minimum absolute atomic E-state index is 0.0714. The van der Waals surface area contributed by atoms with Gasteiger partial charge in [-0.1, -0.05) is 61.2 Å². The summed E-state index contributed by atoms with van der Waals surface area (Å²) < 4.78 is 0. The first-order chi connectivity index (χ1) is 17.4. The highest BCUT2D eigenvalue weighted by Gasteiger charge is 2.16. The van der Waals surface area contributed by atoms with Gasteiger partial charge in [0, 0.05) is 29.9 Å². The molecule has 0 aromatic heterocycles. The van der Waals surface area contributed by atoms with Gasteiger partial charge in [0.05, 0.1) is 6.54 Å². The lowest BCUT2D eigenvalue weighted by molar-refractivity contribution is -0.138. The second-order valence-electron chi connectivity index (χ2n) is 9.50. The maximum Gasteiger partial charge on any atom is 0.317 e. The highest BCUT2D eigenvalue weighted by atomic mass is 16.6. The third kappa shape index (κ3) is 8.37. The predicted octanol–water partition coefficient (Wildman–Crippen LogP) is 3.95. The van der Waals surface area contributed by atoms with E-state index in [2.05, 4.69) is 10.5 Å². The quantitative estimate of drug-likeness (QED) is 0.234. The molecule has 1 aliphatic rings. The van der Waals surface area contributed by atoms with Crippen LogP contribution in [0.5, 0.6) is 0 Å². The third-order valence-electron chi connectivity index (χ3n) is 6.57. The molecule has 0 bridgehead atoms. The molecule has 8 nitrogen and oxygen atoms in total. The topological polar surface area (TPSA) is 117 Å². The molecule has 2 aromatic carbocycles. The number of aliphatic carboxylic acids is 1. The van der Waals surface area contributed by atoms with Crippen LogP contribution in [0.4, 0.5) is 5.69 Å². The number of carboxylic acids is 1. The number of nitrogens with two attached hydrogens (primary N) is 1. The van der Waals surface area contributed by atoms with Gasteiger partial charge in [-0.15, -0.1) is 0 Å². The second-order valence-corrected chi connectivity index (χ2v) is 9.50. The van der Waals surface area contributed by atoms with Crippen LogP contribution in [-0.4, -0.2) is 53.8 Å². The van der Waals surface area contributed by atoms with Crippen LogP contribution in [0.2, 0.25) is 0 Å². The van der Waals surface area contributed by atoms with Crippen LogP contribution in [0.1, 0.15) is 61.3 Å². The van der Waals surface area contributed by atoms with Gasteiger partial charge in [0.2, 0.25) is 0 Å². The minimum Gasteiger partial charge on any atom is -0.480 e. The molecule has 0 spiro atoms. The number of carboxylic acid groups (broad SMARTS) is 1. The summed E-state index contributed by atoms with van der Waals surface area (Å²) in [5.74, 6) is -0.520. The van der Waals surface area contributed by atoms with Gasteiger partial charge in [-0.3, -0.25) is 14.5 Å². The summed E-state index contributed by atoms with van der Waals surface area (Å²) in [7, 11) is 0. The lowest BCUT2D eigenvalue weighted by atomic mass is 9.89. The molecule has 4 N–H and O–H groups in total. The molecule has 1 fully saturated rings. The molecule has 0 atom stereocenters. The number of oxime groups is 1. The Kier molecular flexibility index (Phi) is 10.3. The van der Waals surface area contributed by atoms with E-state index in [-0.39, 0.29) is 19.1 Å². The van der Waals surface area contributed by atoms with Gasteiger partial charge < -0.3 is 21.0 Å². The second kappa shape index (κ2) is 13.6. The van der Waals surface area contributed by atoms with Crippen LogP contribution in [0.25, 0.3) is 0 Å². The number of nitrogens with one attached hydrogen (secondary N) is 1. The van der Waals surface area contributed by atoms with E-state index in [0.717, 1.165) is 35.1 Å². The lowest BCUT2D eigenvalue weighted by Gasteiger charge is -2.21. The highest BCUT2D eigenvalue weighted by molar-refractivity contribution is 6.13. The van der Waals surface area contributed by atoms with Crippen molar-refractivity contribution in [3.63, 3.8) is 0 Å². The monoisotopic (exact) mass is 494 g/mol. The van der Waals surface area contributed by atoms with Crippen molar-refractivity contribution in [2.45, 2.75) is 52.5 Å². The van der Waals surface area contributed by atoms with E-state index in [4.69, 9.17) is 10.6 Å². The fourth-order valence-corrected chi connectivity index (χ4v) is 4.52. The molecule has 0 aliphatic heterocycles. The Morgan fingerprint density at radius 3 is 2.58 bits per heavy atom. The maximum atomic E-state index is 12.4. The van der Waals surface area contributed by atoms with E-state index in [1.54, 1.807) is 11.0 Å². The molecule has 36 heavy (non-hydrogen) atoms. The summed E-state index contributed by atoms with van der Waals surface area (Å²) in [5.41, 5.74) is 10.9. The van der Waals surface area contributed by atoms with Gasteiger partial charge in [0.15, 0.2) is 6.61 Å². The van der Waals surface area contributed by atoms with Crippen molar-refractivity contribution in [2.75, 3.05) is 32.0 Å². The SMILES string of the molecule is CCN(CC(=O)O)Cc1cc(/C(=N\OCC(=O)NCC2CCCCC2)c2cccc(C)c2)ccc1N. The summed E-state index contributed by atoms with van der Waals surface area (Å²) >= 11 is 0. The van der Waals surface area contributed by atoms with Crippen molar-refractivity contribution < 1.29 is 19.5 Å². The lowest BCUT2D eigenvalue weighted by Crippen LogP contribution is -2.32. The van der Waals surface area contributed by atoms with Crippen LogP contribution < -0.4 is 11.1 Å². The number of hydrogen-bond donors (Lipinski definition) is 3. The molecule has 0 unspecified atom stereocenters. The first-order valence-corrected chi connectivity index (χ1v) is 12.7. The minimum atomic E-state index is -0.885. The van der Waals surface area contributed by atoms with Gasteiger partial charge in [0.1, 0.15) is 5.71 Å². The number of nitrogen functional groups attached to an aromatic ring is 1. The number of hydrogen-bond acceptors (Lipinski definition) is 6. The molecule has 0 heterocycles. The van der Waals surface area contributed by atoms with Crippen molar-refractivity contribution in [1.29, 1.82) is 0 Å². The van der Waals surface area contributed by atoms with Crippen LogP contribution in [0.3, 0.4) is 0 Å². The van der Waals surface area contributed by atoms with Crippen LogP contribution >= 0.6 is 0 Å². The standard InChI is InChI=1S/C28H38N4O4/c1-3-32(18-27(34)35)17-24-15-23(12-13-25(24)29)28(22-11-7-8-20(2)14-22)31-36-19-26(33)30-16-21-9-5-4-6-10-21/h7-8,11-15,21H,3-6,9-10,16-19,29H2,1-2H3,(H,30,33)(H,34,35)/b31-28-. The number of carbonyl (C=O) groups is 2. The van der Waals surface area contributed by atoms with Crippen LogP contribution in [-0.2, 0) is 21.0 Å². The summed E-state index contributed by atoms with van der Waals surface area (Å²) in [5, 5.41) is 16.5. The number of rotatable bonds is 12. The van der Waals surface area contributed by atoms with Gasteiger partial charge in [-0.05, 0) is 56.0 Å². The molecule has 8 heteroatoms. The van der Waals surface area contributed by atoms with E-state index in [1.807, 2.05) is 50.2 Å². The van der Waals surface area contributed by atoms with Crippen molar-refractivity contribution in [2.24, 2.45) is 11.1 Å². The van der Waals surface area contributed by atoms with Gasteiger partial charge in [-0.25, -0.2) is 0 Å². The van der Waals surface area contributed by atoms with Gasteiger partial charge in [0.25, 0.3) is 5.91 Å². The number of benzene rings is 2. The largest absolute Gasteiger partial charge is 0.480 e. The molecule has 1 saturated carbocycles. The first kappa shape index (κ1) is 27.2. The predicted molar refractivity (Wildman–Crippen MR) is 142 cm³/mol. The van der Waals surface area contributed by atoms with E-state index < -0.39 is 5.97 Å². The molecular weight excluding hydrogens is 456 g/mol. The summed E-state index contributed by atoms with van der Waals surface area (Å²) in [6.45, 7) is 5.34. The van der Waals surface area contributed by atoms with E-state index in [0.29, 0.717) is 37.0 Å². The molecular formula is C28H38N4O4. The van der Waals surface area contributed by atoms with E-state index in [9.17, 15) is 14.7 Å². The molecule has 0 saturated heterocycles. The van der Waals surface area contributed by atoms with Gasteiger partial charge in [-0.2, -0.15) is 0 Å². The highest BCUT2D eigenvalue weighted by Crippen LogP contribution is 2.23. The summed E-state index contributed by atoms with van der Waals surface area (Å²) in [6, 6.07) is 13.5. The Morgan fingerprint density at radius 1 is 1.14 bits per heavy atom. The molecule has 1 aliphatic carbocycles. The Balaban J connectivity index is 1.76. The normalized spacial score (nSPS) is 14.6. The fourth-order valence-electron chi connectivity index (χ4n) is 4.52. The van der Waals surface area contributed by atoms with E-state index in [1.165, 1.54) is 19.3 Å². The first-order valence-electron chi connectivity index (χ1n) is 12.7.